The van der Waals surface area contributed by atoms with Crippen molar-refractivity contribution in [1.82, 2.24) is 15.1 Å². The van der Waals surface area contributed by atoms with Gasteiger partial charge in [-0.15, -0.1) is 0 Å². The van der Waals surface area contributed by atoms with E-state index in [1.807, 2.05) is 18.2 Å². The van der Waals surface area contributed by atoms with Crippen LogP contribution in [0.4, 0.5) is 5.82 Å². The Morgan fingerprint density at radius 3 is 2.79 bits per heavy atom. The average Bonchev–Trinajstić information content (AvgIpc) is 2.76. The number of rotatable bonds is 3. The van der Waals surface area contributed by atoms with E-state index in [-0.39, 0.29) is 6.10 Å². The van der Waals surface area contributed by atoms with Gasteiger partial charge in [-0.25, -0.2) is 0 Å². The van der Waals surface area contributed by atoms with Crippen molar-refractivity contribution < 1.29 is 4.74 Å². The van der Waals surface area contributed by atoms with Crippen LogP contribution in [0.2, 0.25) is 5.02 Å². The normalized spacial score (nSPS) is 16.3. The van der Waals surface area contributed by atoms with E-state index < -0.39 is 0 Å². The van der Waals surface area contributed by atoms with Crippen molar-refractivity contribution in [1.29, 1.82) is 0 Å². The van der Waals surface area contributed by atoms with Gasteiger partial charge in [0.1, 0.15) is 17.7 Å². The Hall–Kier alpha value is -1.72. The quantitative estimate of drug-likeness (QED) is 0.901. The summed E-state index contributed by atoms with van der Waals surface area (Å²) in [5.41, 5.74) is 7.36. The highest BCUT2D eigenvalue weighted by Crippen LogP contribution is 2.31. The summed E-state index contributed by atoms with van der Waals surface area (Å²) in [5, 5.41) is 7.35. The monoisotopic (exact) mass is 278 g/mol. The third-order valence-electron chi connectivity index (χ3n) is 3.16. The zero-order valence-electron chi connectivity index (χ0n) is 10.6. The maximum atomic E-state index is 6.24. The van der Waals surface area contributed by atoms with Gasteiger partial charge in [0, 0.05) is 24.7 Å². The van der Waals surface area contributed by atoms with Gasteiger partial charge in [0.15, 0.2) is 0 Å². The van der Waals surface area contributed by atoms with Crippen LogP contribution in [-0.4, -0.2) is 41.3 Å². The van der Waals surface area contributed by atoms with E-state index >= 15 is 0 Å². The van der Waals surface area contributed by atoms with E-state index in [4.69, 9.17) is 22.1 Å². The number of H-pyrrole nitrogens is 1. The number of nitrogens with two attached hydrogens (primary N) is 1. The fourth-order valence-electron chi connectivity index (χ4n) is 2.14. The van der Waals surface area contributed by atoms with Crippen LogP contribution < -0.4 is 10.5 Å². The maximum absolute atomic E-state index is 6.24. The predicted octanol–water partition coefficient (Wildman–Crippen LogP) is 2.01. The van der Waals surface area contributed by atoms with E-state index in [1.165, 1.54) is 0 Å². The molecule has 0 saturated carbocycles. The van der Waals surface area contributed by atoms with Crippen LogP contribution in [0.5, 0.6) is 5.75 Å². The highest BCUT2D eigenvalue weighted by molar-refractivity contribution is 6.32. The maximum Gasteiger partial charge on any atom is 0.145 e. The third-order valence-corrected chi connectivity index (χ3v) is 3.46. The Labute approximate surface area is 116 Å². The predicted molar refractivity (Wildman–Crippen MR) is 75.4 cm³/mol. The molecule has 0 atom stereocenters. The Morgan fingerprint density at radius 2 is 2.21 bits per heavy atom. The molecule has 6 heteroatoms. The van der Waals surface area contributed by atoms with Crippen molar-refractivity contribution in [3.05, 3.63) is 29.3 Å². The number of likely N-dealkylation sites (tertiary alicyclic amines) is 1. The van der Waals surface area contributed by atoms with Crippen LogP contribution in [0.3, 0.4) is 0 Å². The van der Waals surface area contributed by atoms with Gasteiger partial charge in [-0.1, -0.05) is 11.6 Å². The molecule has 19 heavy (non-hydrogen) atoms. The second kappa shape index (κ2) is 4.75. The van der Waals surface area contributed by atoms with Gasteiger partial charge in [-0.3, -0.25) is 10.00 Å². The summed E-state index contributed by atoms with van der Waals surface area (Å²) in [7, 11) is 2.06. The molecule has 3 N–H and O–H groups in total. The Kier molecular flexibility index (Phi) is 3.08. The molecule has 0 radical (unpaired) electrons. The SMILES string of the molecule is CN1CC(Oc2ccc(-c3cc(N)n[nH]3)cc2Cl)C1. The lowest BCUT2D eigenvalue weighted by atomic mass is 10.1. The smallest absolute Gasteiger partial charge is 0.145 e. The molecule has 100 valence electrons. The molecule has 1 aromatic heterocycles. The van der Waals surface area contributed by atoms with Crippen molar-refractivity contribution in [2.45, 2.75) is 6.10 Å². The van der Waals surface area contributed by atoms with E-state index in [1.54, 1.807) is 6.07 Å². The molecule has 1 aliphatic heterocycles. The molecule has 3 rings (SSSR count). The molecule has 0 bridgehead atoms. The van der Waals surface area contributed by atoms with Crippen LogP contribution in [0, 0.1) is 0 Å². The molecule has 5 nitrogen and oxygen atoms in total. The molecule has 0 aliphatic carbocycles. The van der Waals surface area contributed by atoms with Crippen molar-refractivity contribution in [2.24, 2.45) is 0 Å². The van der Waals surface area contributed by atoms with Crippen molar-refractivity contribution >= 4 is 17.4 Å². The standard InChI is InChI=1S/C13H15ClN4O/c1-18-6-9(7-18)19-12-3-2-8(4-10(12)14)11-5-13(15)17-16-11/h2-5,9H,6-7H2,1H3,(H3,15,16,17). The fraction of sp³-hybridized carbons (Fsp3) is 0.308. The van der Waals surface area contributed by atoms with Gasteiger partial charge < -0.3 is 10.5 Å². The van der Waals surface area contributed by atoms with E-state index in [0.29, 0.717) is 10.8 Å². The number of aromatic nitrogens is 2. The summed E-state index contributed by atoms with van der Waals surface area (Å²) in [6.45, 7) is 1.88. The Balaban J connectivity index is 1.78. The molecule has 1 fully saturated rings. The summed E-state index contributed by atoms with van der Waals surface area (Å²) in [6, 6.07) is 7.45. The number of halogens is 1. The number of hydrogen-bond donors (Lipinski definition) is 2. The second-order valence-electron chi connectivity index (χ2n) is 4.81. The number of likely N-dealkylation sites (N-methyl/N-ethyl adjacent to an activating group) is 1. The van der Waals surface area contributed by atoms with E-state index in [0.717, 1.165) is 30.1 Å². The minimum Gasteiger partial charge on any atom is -0.486 e. The van der Waals surface area contributed by atoms with Crippen LogP contribution in [-0.2, 0) is 0 Å². The van der Waals surface area contributed by atoms with Crippen LogP contribution in [0.1, 0.15) is 0 Å². The Bertz CT molecular complexity index is 592. The van der Waals surface area contributed by atoms with Gasteiger partial charge >= 0.3 is 0 Å². The summed E-state index contributed by atoms with van der Waals surface area (Å²) in [6.07, 6.45) is 0.233. The largest absolute Gasteiger partial charge is 0.486 e. The highest BCUT2D eigenvalue weighted by Gasteiger charge is 2.25. The van der Waals surface area contributed by atoms with Crippen LogP contribution >= 0.6 is 11.6 Å². The molecule has 0 amide bonds. The zero-order valence-corrected chi connectivity index (χ0v) is 11.3. The van der Waals surface area contributed by atoms with Crippen molar-refractivity contribution in [2.75, 3.05) is 25.9 Å². The van der Waals surface area contributed by atoms with Gasteiger partial charge in [0.25, 0.3) is 0 Å². The lowest BCUT2D eigenvalue weighted by Gasteiger charge is -2.36. The topological polar surface area (TPSA) is 67.2 Å². The molecule has 0 unspecified atom stereocenters. The summed E-state index contributed by atoms with van der Waals surface area (Å²) >= 11 is 6.24. The van der Waals surface area contributed by atoms with Gasteiger partial charge in [0.2, 0.25) is 0 Å². The molecular weight excluding hydrogens is 264 g/mol. The number of nitrogens with one attached hydrogen (secondary N) is 1. The third kappa shape index (κ3) is 2.52. The summed E-state index contributed by atoms with van der Waals surface area (Å²) in [5.74, 6) is 1.18. The van der Waals surface area contributed by atoms with Gasteiger partial charge in [0.05, 0.1) is 10.7 Å². The number of benzene rings is 1. The van der Waals surface area contributed by atoms with E-state index in [2.05, 4.69) is 22.1 Å². The number of ether oxygens (including phenoxy) is 1. The van der Waals surface area contributed by atoms with Gasteiger partial charge in [-0.2, -0.15) is 5.10 Å². The van der Waals surface area contributed by atoms with Gasteiger partial charge in [-0.05, 0) is 25.2 Å². The fourth-order valence-corrected chi connectivity index (χ4v) is 2.37. The number of nitrogens with zero attached hydrogens (tertiary/aromatic N) is 2. The number of anilines is 1. The first-order chi connectivity index (χ1) is 9.11. The molecular formula is C13H15ClN4O. The molecule has 1 aromatic carbocycles. The number of hydrogen-bond acceptors (Lipinski definition) is 4. The van der Waals surface area contributed by atoms with Crippen LogP contribution in [0.15, 0.2) is 24.3 Å². The first-order valence-electron chi connectivity index (χ1n) is 6.08. The number of aromatic amines is 1. The lowest BCUT2D eigenvalue weighted by molar-refractivity contribution is 0.0389. The molecule has 0 spiro atoms. The lowest BCUT2D eigenvalue weighted by Crippen LogP contribution is -2.51. The van der Waals surface area contributed by atoms with E-state index in [9.17, 15) is 0 Å². The minimum atomic E-state index is 0.233. The first kappa shape index (κ1) is 12.3. The minimum absolute atomic E-state index is 0.233. The molecule has 1 aliphatic rings. The van der Waals surface area contributed by atoms with Crippen LogP contribution in [0.25, 0.3) is 11.3 Å². The molecule has 2 heterocycles. The molecule has 1 saturated heterocycles. The highest BCUT2D eigenvalue weighted by atomic mass is 35.5. The molecule has 2 aromatic rings. The number of nitrogen functional groups attached to an aromatic ring is 1. The zero-order chi connectivity index (χ0) is 13.4. The first-order valence-corrected chi connectivity index (χ1v) is 6.45. The summed E-state index contributed by atoms with van der Waals surface area (Å²) < 4.78 is 5.82. The summed E-state index contributed by atoms with van der Waals surface area (Å²) in [4.78, 5) is 2.19. The Morgan fingerprint density at radius 1 is 1.42 bits per heavy atom. The average molecular weight is 279 g/mol. The van der Waals surface area contributed by atoms with Crippen molar-refractivity contribution in [3.8, 4) is 17.0 Å². The second-order valence-corrected chi connectivity index (χ2v) is 5.22. The van der Waals surface area contributed by atoms with Crippen molar-refractivity contribution in [3.63, 3.8) is 0 Å².